The van der Waals surface area contributed by atoms with E-state index in [4.69, 9.17) is 16.3 Å². The van der Waals surface area contributed by atoms with Gasteiger partial charge in [-0.1, -0.05) is 60.1 Å². The number of ether oxygens (including phenoxy) is 1. The number of hydrogen-bond acceptors (Lipinski definition) is 4. The van der Waals surface area contributed by atoms with Crippen molar-refractivity contribution in [2.75, 3.05) is 29.5 Å². The van der Waals surface area contributed by atoms with Crippen molar-refractivity contribution in [1.29, 1.82) is 0 Å². The number of methoxy groups -OCH3 is 1. The number of halogens is 1. The molecule has 0 bridgehead atoms. The molecule has 156 valence electrons. The highest BCUT2D eigenvalue weighted by Gasteiger charge is 2.24. The van der Waals surface area contributed by atoms with E-state index in [1.54, 1.807) is 24.3 Å². The molecule has 3 aromatic rings. The molecule has 0 aliphatic rings. The zero-order valence-electron chi connectivity index (χ0n) is 16.5. The van der Waals surface area contributed by atoms with Crippen LogP contribution in [-0.4, -0.2) is 34.2 Å². The number of hydrogen-bond donors (Lipinski definition) is 1. The predicted molar refractivity (Wildman–Crippen MR) is 121 cm³/mol. The number of nitrogens with one attached hydrogen (secondary N) is 1. The fraction of sp³-hybridized carbons (Fsp3) is 0.136. The maximum Gasteiger partial charge on any atom is 0.245 e. The lowest BCUT2D eigenvalue weighted by Crippen LogP contribution is -2.37. The van der Waals surface area contributed by atoms with E-state index in [2.05, 4.69) is 5.32 Å². The first-order chi connectivity index (χ1) is 14.3. The average Bonchev–Trinajstić information content (AvgIpc) is 2.72. The van der Waals surface area contributed by atoms with Gasteiger partial charge in [-0.25, -0.2) is 8.42 Å². The molecular formula is C22H21ClN2O4S. The van der Waals surface area contributed by atoms with Crippen LogP contribution >= 0.6 is 11.6 Å². The molecule has 3 aromatic carbocycles. The zero-order chi connectivity index (χ0) is 21.7. The number of amides is 1. The van der Waals surface area contributed by atoms with Gasteiger partial charge in [-0.2, -0.15) is 0 Å². The minimum atomic E-state index is -3.78. The lowest BCUT2D eigenvalue weighted by molar-refractivity contribution is -0.114. The Morgan fingerprint density at radius 1 is 1.03 bits per heavy atom. The second kappa shape index (κ2) is 9.19. The minimum absolute atomic E-state index is 0.194. The van der Waals surface area contributed by atoms with E-state index in [0.29, 0.717) is 16.5 Å². The van der Waals surface area contributed by atoms with Crippen LogP contribution in [0.1, 0.15) is 0 Å². The van der Waals surface area contributed by atoms with Gasteiger partial charge < -0.3 is 10.1 Å². The van der Waals surface area contributed by atoms with Gasteiger partial charge in [0.1, 0.15) is 12.3 Å². The molecule has 3 rings (SSSR count). The van der Waals surface area contributed by atoms with Crippen molar-refractivity contribution in [1.82, 2.24) is 0 Å². The fourth-order valence-corrected chi connectivity index (χ4v) is 4.04. The molecule has 0 unspecified atom stereocenters. The molecule has 1 amide bonds. The molecular weight excluding hydrogens is 424 g/mol. The summed E-state index contributed by atoms with van der Waals surface area (Å²) in [6, 6.07) is 21.5. The first-order valence-electron chi connectivity index (χ1n) is 9.05. The Bertz CT molecular complexity index is 1150. The molecule has 8 heteroatoms. The van der Waals surface area contributed by atoms with Gasteiger partial charge in [-0.05, 0) is 29.8 Å². The number of para-hydroxylation sites is 1. The number of anilines is 2. The summed E-state index contributed by atoms with van der Waals surface area (Å²) < 4.78 is 31.1. The summed E-state index contributed by atoms with van der Waals surface area (Å²) in [5, 5.41) is 3.14. The summed E-state index contributed by atoms with van der Waals surface area (Å²) in [4.78, 5) is 12.8. The molecule has 0 spiro atoms. The SMILES string of the molecule is COc1ccc(Cl)cc1N(CC(=O)Nc1ccccc1-c1ccccc1)S(C)(=O)=O. The van der Waals surface area contributed by atoms with E-state index in [0.717, 1.165) is 21.7 Å². The van der Waals surface area contributed by atoms with Gasteiger partial charge in [0.2, 0.25) is 15.9 Å². The van der Waals surface area contributed by atoms with Gasteiger partial charge in [0.15, 0.2) is 0 Å². The molecule has 0 fully saturated rings. The van der Waals surface area contributed by atoms with Crippen LogP contribution in [-0.2, 0) is 14.8 Å². The highest BCUT2D eigenvalue weighted by Crippen LogP contribution is 2.33. The first-order valence-corrected chi connectivity index (χ1v) is 11.3. The number of nitrogens with zero attached hydrogens (tertiary/aromatic N) is 1. The van der Waals surface area contributed by atoms with Crippen LogP contribution in [0.15, 0.2) is 72.8 Å². The van der Waals surface area contributed by atoms with Gasteiger partial charge in [-0.15, -0.1) is 0 Å². The predicted octanol–water partition coefficient (Wildman–Crippen LogP) is 4.42. The van der Waals surface area contributed by atoms with Crippen LogP contribution in [0.5, 0.6) is 5.75 Å². The van der Waals surface area contributed by atoms with Crippen LogP contribution in [0.4, 0.5) is 11.4 Å². The van der Waals surface area contributed by atoms with E-state index < -0.39 is 22.5 Å². The highest BCUT2D eigenvalue weighted by atomic mass is 35.5. The molecule has 0 aliphatic heterocycles. The second-order valence-electron chi connectivity index (χ2n) is 6.55. The monoisotopic (exact) mass is 444 g/mol. The second-order valence-corrected chi connectivity index (χ2v) is 8.89. The lowest BCUT2D eigenvalue weighted by atomic mass is 10.0. The van der Waals surface area contributed by atoms with Gasteiger partial charge in [0.25, 0.3) is 0 Å². The Labute approximate surface area is 181 Å². The molecule has 0 aromatic heterocycles. The molecule has 0 saturated carbocycles. The molecule has 0 aliphatic carbocycles. The van der Waals surface area contributed by atoms with Crippen molar-refractivity contribution in [2.24, 2.45) is 0 Å². The summed E-state index contributed by atoms with van der Waals surface area (Å²) in [5.74, 6) is -0.201. The summed E-state index contributed by atoms with van der Waals surface area (Å²) in [6.45, 7) is -0.432. The number of rotatable bonds is 7. The van der Waals surface area contributed by atoms with Gasteiger partial charge in [-0.3, -0.25) is 9.10 Å². The number of benzene rings is 3. The average molecular weight is 445 g/mol. The van der Waals surface area contributed by atoms with Crippen LogP contribution in [0, 0.1) is 0 Å². The van der Waals surface area contributed by atoms with E-state index in [9.17, 15) is 13.2 Å². The summed E-state index contributed by atoms with van der Waals surface area (Å²) in [7, 11) is -2.36. The smallest absolute Gasteiger partial charge is 0.245 e. The molecule has 0 radical (unpaired) electrons. The lowest BCUT2D eigenvalue weighted by Gasteiger charge is -2.24. The maximum absolute atomic E-state index is 12.8. The highest BCUT2D eigenvalue weighted by molar-refractivity contribution is 7.92. The van der Waals surface area contributed by atoms with E-state index in [-0.39, 0.29) is 5.69 Å². The summed E-state index contributed by atoms with van der Waals surface area (Å²) >= 11 is 6.05. The van der Waals surface area contributed by atoms with E-state index >= 15 is 0 Å². The largest absolute Gasteiger partial charge is 0.495 e. The molecule has 1 N–H and O–H groups in total. The molecule has 30 heavy (non-hydrogen) atoms. The Hall–Kier alpha value is -3.03. The standard InChI is InChI=1S/C22H21ClN2O4S/c1-29-21-13-12-17(23)14-20(21)25(30(2,27)28)15-22(26)24-19-11-7-6-10-18(19)16-8-4-3-5-9-16/h3-14H,15H2,1-2H3,(H,24,26). The minimum Gasteiger partial charge on any atom is -0.495 e. The van der Waals surface area contributed by atoms with Crippen molar-refractivity contribution in [3.63, 3.8) is 0 Å². The zero-order valence-corrected chi connectivity index (χ0v) is 18.1. The van der Waals surface area contributed by atoms with Crippen LogP contribution in [0.25, 0.3) is 11.1 Å². The quantitative estimate of drug-likeness (QED) is 0.585. The van der Waals surface area contributed by atoms with Gasteiger partial charge in [0, 0.05) is 16.3 Å². The maximum atomic E-state index is 12.8. The third-order valence-electron chi connectivity index (χ3n) is 4.38. The van der Waals surface area contributed by atoms with Gasteiger partial charge >= 0.3 is 0 Å². The molecule has 6 nitrogen and oxygen atoms in total. The molecule has 0 atom stereocenters. The fourth-order valence-electron chi connectivity index (χ4n) is 3.02. The van der Waals surface area contributed by atoms with Crippen LogP contribution in [0.2, 0.25) is 5.02 Å². The Kier molecular flexibility index (Phi) is 6.64. The van der Waals surface area contributed by atoms with Crippen molar-refractivity contribution >= 4 is 38.9 Å². The molecule has 0 saturated heterocycles. The molecule has 0 heterocycles. The van der Waals surface area contributed by atoms with Crippen molar-refractivity contribution < 1.29 is 17.9 Å². The third-order valence-corrected chi connectivity index (χ3v) is 5.74. The van der Waals surface area contributed by atoms with E-state index in [1.807, 2.05) is 42.5 Å². The first kappa shape index (κ1) is 21.7. The van der Waals surface area contributed by atoms with E-state index in [1.165, 1.54) is 13.2 Å². The van der Waals surface area contributed by atoms with Crippen molar-refractivity contribution in [3.05, 3.63) is 77.8 Å². The Morgan fingerprint density at radius 3 is 2.37 bits per heavy atom. The third kappa shape index (κ3) is 5.11. The summed E-state index contributed by atoms with van der Waals surface area (Å²) in [5.41, 5.74) is 2.54. The number of sulfonamides is 1. The van der Waals surface area contributed by atoms with Crippen LogP contribution < -0.4 is 14.4 Å². The van der Waals surface area contributed by atoms with Crippen LogP contribution in [0.3, 0.4) is 0 Å². The topological polar surface area (TPSA) is 75.7 Å². The normalized spacial score (nSPS) is 11.0. The Balaban J connectivity index is 1.90. The van der Waals surface area contributed by atoms with Crippen molar-refractivity contribution in [3.8, 4) is 16.9 Å². The number of carbonyl (C=O) groups excluding carboxylic acids is 1. The summed E-state index contributed by atoms with van der Waals surface area (Å²) in [6.07, 6.45) is 1.03. The van der Waals surface area contributed by atoms with Crippen molar-refractivity contribution in [2.45, 2.75) is 0 Å². The Morgan fingerprint density at radius 2 is 1.70 bits per heavy atom. The number of carbonyl (C=O) groups is 1. The van der Waals surface area contributed by atoms with Gasteiger partial charge in [0.05, 0.1) is 19.1 Å².